The van der Waals surface area contributed by atoms with E-state index in [0.717, 1.165) is 6.07 Å². The smallest absolute Gasteiger partial charge is 0.294 e. The van der Waals surface area contributed by atoms with E-state index in [2.05, 4.69) is 10.2 Å². The Bertz CT molecular complexity index is 834. The van der Waals surface area contributed by atoms with Crippen molar-refractivity contribution in [1.29, 1.82) is 0 Å². The van der Waals surface area contributed by atoms with E-state index in [4.69, 9.17) is 19.9 Å². The largest absolute Gasteiger partial charge is 0.497 e. The highest BCUT2D eigenvalue weighted by molar-refractivity contribution is 7.85. The van der Waals surface area contributed by atoms with Gasteiger partial charge in [-0.1, -0.05) is 0 Å². The lowest BCUT2D eigenvalue weighted by atomic mass is 9.98. The van der Waals surface area contributed by atoms with Crippen LogP contribution < -0.4 is 10.5 Å². The van der Waals surface area contributed by atoms with Crippen LogP contribution in [0.15, 0.2) is 57.3 Å². The summed E-state index contributed by atoms with van der Waals surface area (Å²) in [5.74, 6) is 0.740. The maximum Gasteiger partial charge on any atom is 0.294 e. The van der Waals surface area contributed by atoms with Crippen LogP contribution in [0.1, 0.15) is 0 Å². The SMILES string of the molecule is COC1=CC(N)(/N=N/c2cc(S(=O)(=O)O)ccc2OC)C(OC)C=C1. The van der Waals surface area contributed by atoms with Gasteiger partial charge in [-0.2, -0.15) is 13.5 Å². The van der Waals surface area contributed by atoms with E-state index in [1.807, 2.05) is 0 Å². The molecule has 1 aromatic rings. The Morgan fingerprint density at radius 3 is 2.52 bits per heavy atom. The van der Waals surface area contributed by atoms with Gasteiger partial charge in [0.1, 0.15) is 23.3 Å². The molecule has 1 aliphatic rings. The number of methoxy groups -OCH3 is 3. The van der Waals surface area contributed by atoms with Crippen LogP contribution in [0.2, 0.25) is 0 Å². The quantitative estimate of drug-likeness (QED) is 0.577. The van der Waals surface area contributed by atoms with Crippen molar-refractivity contribution >= 4 is 15.8 Å². The number of rotatable bonds is 6. The Balaban J connectivity index is 2.46. The third-order valence-corrected chi connectivity index (χ3v) is 4.38. The first-order valence-corrected chi connectivity index (χ1v) is 8.52. The van der Waals surface area contributed by atoms with E-state index >= 15 is 0 Å². The van der Waals surface area contributed by atoms with Crippen molar-refractivity contribution in [3.63, 3.8) is 0 Å². The molecule has 0 heterocycles. The van der Waals surface area contributed by atoms with Crippen LogP contribution in [0, 0.1) is 0 Å². The highest BCUT2D eigenvalue weighted by Crippen LogP contribution is 2.32. The molecule has 3 N–H and O–H groups in total. The van der Waals surface area contributed by atoms with Gasteiger partial charge in [-0.15, -0.1) is 5.11 Å². The average molecular weight is 369 g/mol. The molecule has 0 saturated carbocycles. The fourth-order valence-corrected chi connectivity index (χ4v) is 2.72. The van der Waals surface area contributed by atoms with Crippen LogP contribution in [-0.2, 0) is 19.6 Å². The predicted molar refractivity (Wildman–Crippen MR) is 89.3 cm³/mol. The number of hydrogen-bond donors (Lipinski definition) is 2. The summed E-state index contributed by atoms with van der Waals surface area (Å²) < 4.78 is 47.3. The Morgan fingerprint density at radius 1 is 1.24 bits per heavy atom. The number of hydrogen-bond acceptors (Lipinski definition) is 8. The monoisotopic (exact) mass is 369 g/mol. The first-order valence-electron chi connectivity index (χ1n) is 7.08. The molecule has 0 amide bonds. The molecular formula is C15H19N3O6S. The summed E-state index contributed by atoms with van der Waals surface area (Å²) >= 11 is 0. The van der Waals surface area contributed by atoms with Crippen molar-refractivity contribution in [2.24, 2.45) is 16.0 Å². The summed E-state index contributed by atoms with van der Waals surface area (Å²) in [6.45, 7) is 0. The molecule has 136 valence electrons. The second-order valence-electron chi connectivity index (χ2n) is 5.16. The third kappa shape index (κ3) is 4.23. The Kier molecular flexibility index (Phi) is 5.58. The van der Waals surface area contributed by atoms with E-state index in [9.17, 15) is 13.0 Å². The van der Waals surface area contributed by atoms with Gasteiger partial charge >= 0.3 is 0 Å². The number of azo groups is 1. The first-order chi connectivity index (χ1) is 11.7. The van der Waals surface area contributed by atoms with Gasteiger partial charge in [0.2, 0.25) is 0 Å². The Labute approximate surface area is 145 Å². The Morgan fingerprint density at radius 2 is 1.96 bits per heavy atom. The lowest BCUT2D eigenvalue weighted by Gasteiger charge is -2.30. The summed E-state index contributed by atoms with van der Waals surface area (Å²) in [5, 5.41) is 8.08. The van der Waals surface area contributed by atoms with Crippen molar-refractivity contribution in [2.75, 3.05) is 21.3 Å². The summed E-state index contributed by atoms with van der Waals surface area (Å²) in [6.07, 6.45) is 4.29. The van der Waals surface area contributed by atoms with E-state index in [-0.39, 0.29) is 16.3 Å². The third-order valence-electron chi connectivity index (χ3n) is 3.53. The number of allylic oxidation sites excluding steroid dienone is 1. The zero-order valence-electron chi connectivity index (χ0n) is 13.9. The molecule has 2 atom stereocenters. The molecule has 0 radical (unpaired) electrons. The number of benzene rings is 1. The van der Waals surface area contributed by atoms with Crippen LogP contribution in [0.5, 0.6) is 5.75 Å². The van der Waals surface area contributed by atoms with Crippen molar-refractivity contribution in [3.05, 3.63) is 42.2 Å². The zero-order chi connectivity index (χ0) is 18.7. The first kappa shape index (κ1) is 19.1. The topological polar surface area (TPSA) is 133 Å². The van der Waals surface area contributed by atoms with Crippen molar-refractivity contribution in [3.8, 4) is 5.75 Å². The molecule has 0 saturated heterocycles. The van der Waals surface area contributed by atoms with E-state index in [0.29, 0.717) is 5.76 Å². The molecule has 0 aliphatic heterocycles. The predicted octanol–water partition coefficient (Wildman–Crippen LogP) is 1.80. The van der Waals surface area contributed by atoms with Crippen LogP contribution in [-0.4, -0.2) is 46.1 Å². The Hall–Kier alpha value is -2.27. The molecule has 1 aromatic carbocycles. The summed E-state index contributed by atoms with van der Waals surface area (Å²) in [4.78, 5) is -0.340. The minimum absolute atomic E-state index is 0.0826. The van der Waals surface area contributed by atoms with Crippen LogP contribution in [0.25, 0.3) is 0 Å². The molecule has 0 spiro atoms. The summed E-state index contributed by atoms with van der Waals surface area (Å²) in [5.41, 5.74) is 4.96. The molecule has 2 rings (SSSR count). The van der Waals surface area contributed by atoms with Gasteiger partial charge in [-0.3, -0.25) is 10.3 Å². The van der Waals surface area contributed by atoms with E-state index in [1.165, 1.54) is 39.5 Å². The molecule has 0 fully saturated rings. The van der Waals surface area contributed by atoms with Gasteiger partial charge in [0.05, 0.1) is 19.1 Å². The summed E-state index contributed by atoms with van der Waals surface area (Å²) in [7, 11) is -0.0452. The van der Waals surface area contributed by atoms with Crippen molar-refractivity contribution in [1.82, 2.24) is 0 Å². The molecule has 0 aromatic heterocycles. The molecule has 25 heavy (non-hydrogen) atoms. The van der Waals surface area contributed by atoms with Crippen molar-refractivity contribution in [2.45, 2.75) is 16.7 Å². The second-order valence-corrected chi connectivity index (χ2v) is 6.58. The van der Waals surface area contributed by atoms with Crippen LogP contribution >= 0.6 is 0 Å². The second kappa shape index (κ2) is 7.31. The molecular weight excluding hydrogens is 350 g/mol. The number of ether oxygens (including phenoxy) is 3. The maximum absolute atomic E-state index is 11.3. The molecule has 10 heteroatoms. The lowest BCUT2D eigenvalue weighted by Crippen LogP contribution is -2.48. The highest BCUT2D eigenvalue weighted by atomic mass is 32.2. The van der Waals surface area contributed by atoms with Crippen LogP contribution in [0.3, 0.4) is 0 Å². The van der Waals surface area contributed by atoms with Gasteiger partial charge in [0.25, 0.3) is 10.1 Å². The standard InChI is InChI=1S/C15H19N3O6S/c1-22-10-4-7-14(24-3)15(16,9-10)18-17-12-8-11(25(19,20)21)5-6-13(12)23-2/h4-9,14H,16H2,1-3H3,(H,19,20,21)/b18-17+. The molecule has 0 bridgehead atoms. The van der Waals surface area contributed by atoms with Gasteiger partial charge in [-0.05, 0) is 30.4 Å². The molecule has 2 unspecified atom stereocenters. The highest BCUT2D eigenvalue weighted by Gasteiger charge is 2.35. The molecule has 9 nitrogen and oxygen atoms in total. The maximum atomic E-state index is 11.3. The number of nitrogens with zero attached hydrogens (tertiary/aromatic N) is 2. The van der Waals surface area contributed by atoms with Crippen molar-refractivity contribution < 1.29 is 27.2 Å². The molecule has 1 aliphatic carbocycles. The van der Waals surface area contributed by atoms with Crippen LogP contribution in [0.4, 0.5) is 5.69 Å². The lowest BCUT2D eigenvalue weighted by molar-refractivity contribution is 0.0868. The minimum atomic E-state index is -4.39. The summed E-state index contributed by atoms with van der Waals surface area (Å²) in [6, 6.07) is 3.67. The fourth-order valence-electron chi connectivity index (χ4n) is 2.22. The normalized spacial score (nSPS) is 23.6. The minimum Gasteiger partial charge on any atom is -0.497 e. The number of nitrogens with two attached hydrogens (primary N) is 1. The van der Waals surface area contributed by atoms with Gasteiger partial charge in [0, 0.05) is 13.2 Å². The van der Waals surface area contributed by atoms with Gasteiger partial charge in [-0.25, -0.2) is 0 Å². The zero-order valence-corrected chi connectivity index (χ0v) is 14.7. The average Bonchev–Trinajstić information content (AvgIpc) is 2.58. The fraction of sp³-hybridized carbons (Fsp3) is 0.333. The van der Waals surface area contributed by atoms with Gasteiger partial charge < -0.3 is 14.2 Å². The van der Waals surface area contributed by atoms with E-state index in [1.54, 1.807) is 12.2 Å². The van der Waals surface area contributed by atoms with Gasteiger partial charge in [0.15, 0.2) is 5.66 Å². The van der Waals surface area contributed by atoms with E-state index < -0.39 is 21.9 Å².